The number of aromatic nitrogens is 1. The van der Waals surface area contributed by atoms with Crippen LogP contribution >= 0.6 is 11.8 Å². The Morgan fingerprint density at radius 2 is 2.14 bits per heavy atom. The molecule has 1 aliphatic carbocycles. The summed E-state index contributed by atoms with van der Waals surface area (Å²) in [6.07, 6.45) is 7.07. The van der Waals surface area contributed by atoms with Gasteiger partial charge in [-0.3, -0.25) is 4.79 Å². The lowest BCUT2D eigenvalue weighted by Crippen LogP contribution is -2.60. The molecule has 0 radical (unpaired) electrons. The van der Waals surface area contributed by atoms with Crippen LogP contribution in [0.3, 0.4) is 0 Å². The summed E-state index contributed by atoms with van der Waals surface area (Å²) in [6.45, 7) is 1.79. The first-order valence-corrected chi connectivity index (χ1v) is 8.82. The molecule has 0 N–H and O–H groups in total. The topological polar surface area (TPSA) is 36.4 Å². The Morgan fingerprint density at radius 1 is 1.38 bits per heavy atom. The van der Waals surface area contributed by atoms with E-state index in [1.165, 1.54) is 25.7 Å². The summed E-state index contributed by atoms with van der Waals surface area (Å²) in [4.78, 5) is 20.7. The highest BCUT2D eigenvalue weighted by Gasteiger charge is 2.33. The van der Waals surface area contributed by atoms with Crippen LogP contribution in [0.1, 0.15) is 25.7 Å². The number of carbonyl (C=O) groups is 1. The van der Waals surface area contributed by atoms with Gasteiger partial charge in [-0.05, 0) is 25.0 Å². The fraction of sp³-hybridized carbons (Fsp3) is 0.625. The fourth-order valence-corrected chi connectivity index (χ4v) is 4.23. The average molecular weight is 305 g/mol. The monoisotopic (exact) mass is 305 g/mol. The predicted octanol–water partition coefficient (Wildman–Crippen LogP) is 2.40. The van der Waals surface area contributed by atoms with Crippen molar-refractivity contribution in [2.24, 2.45) is 0 Å². The fourth-order valence-electron chi connectivity index (χ4n) is 2.98. The second-order valence-electron chi connectivity index (χ2n) is 5.97. The number of carbonyl (C=O) groups excluding carboxylic acids is 1. The van der Waals surface area contributed by atoms with E-state index in [0.717, 1.165) is 18.9 Å². The highest BCUT2D eigenvalue weighted by molar-refractivity contribution is 8.00. The van der Waals surface area contributed by atoms with Crippen molar-refractivity contribution < 1.29 is 4.79 Å². The maximum absolute atomic E-state index is 12.2. The Hall–Kier alpha value is -1.23. The maximum atomic E-state index is 12.2. The van der Waals surface area contributed by atoms with Gasteiger partial charge in [0.15, 0.2) is 0 Å². The second-order valence-corrected chi connectivity index (χ2v) is 7.26. The Labute approximate surface area is 130 Å². The van der Waals surface area contributed by atoms with Gasteiger partial charge in [0.1, 0.15) is 5.82 Å². The van der Waals surface area contributed by atoms with Crippen LogP contribution in [-0.4, -0.2) is 53.0 Å². The summed E-state index contributed by atoms with van der Waals surface area (Å²) < 4.78 is 0. The zero-order chi connectivity index (χ0) is 14.7. The molecule has 2 heterocycles. The number of rotatable bonds is 5. The highest BCUT2D eigenvalue weighted by Crippen LogP contribution is 2.29. The molecule has 5 heteroatoms. The lowest BCUT2D eigenvalue weighted by molar-refractivity contribution is -0.129. The average Bonchev–Trinajstić information content (AvgIpc) is 2.97. The van der Waals surface area contributed by atoms with Gasteiger partial charge in [-0.25, -0.2) is 4.98 Å². The largest absolute Gasteiger partial charge is 0.352 e. The van der Waals surface area contributed by atoms with Crippen molar-refractivity contribution in [1.82, 2.24) is 9.88 Å². The molecule has 0 unspecified atom stereocenters. The van der Waals surface area contributed by atoms with Crippen molar-refractivity contribution in [2.45, 2.75) is 37.0 Å². The zero-order valence-electron chi connectivity index (χ0n) is 12.6. The van der Waals surface area contributed by atoms with E-state index in [1.54, 1.807) is 0 Å². The number of nitrogens with zero attached hydrogens (tertiary/aromatic N) is 3. The molecule has 3 rings (SSSR count). The van der Waals surface area contributed by atoms with Crippen LogP contribution in [0.5, 0.6) is 0 Å². The molecule has 21 heavy (non-hydrogen) atoms. The molecule has 0 bridgehead atoms. The molecule has 2 aliphatic rings. The lowest BCUT2D eigenvalue weighted by Gasteiger charge is -2.44. The van der Waals surface area contributed by atoms with Gasteiger partial charge in [0.25, 0.3) is 0 Å². The van der Waals surface area contributed by atoms with Gasteiger partial charge in [0.05, 0.1) is 11.8 Å². The molecule has 1 aromatic heterocycles. The van der Waals surface area contributed by atoms with Crippen molar-refractivity contribution >= 4 is 23.5 Å². The van der Waals surface area contributed by atoms with Gasteiger partial charge in [-0.15, -0.1) is 11.8 Å². The van der Waals surface area contributed by atoms with E-state index in [9.17, 15) is 4.79 Å². The van der Waals surface area contributed by atoms with E-state index in [2.05, 4.69) is 9.88 Å². The third-order valence-electron chi connectivity index (χ3n) is 4.52. The number of hydrogen-bond donors (Lipinski definition) is 0. The van der Waals surface area contributed by atoms with Crippen molar-refractivity contribution in [1.29, 1.82) is 0 Å². The van der Waals surface area contributed by atoms with Crippen LogP contribution in [0.15, 0.2) is 24.4 Å². The molecule has 4 nitrogen and oxygen atoms in total. The molecule has 0 atom stereocenters. The molecule has 0 aromatic carbocycles. The van der Waals surface area contributed by atoms with Crippen LogP contribution in [0, 0.1) is 0 Å². The second kappa shape index (κ2) is 6.69. The number of thioether (sulfide) groups is 1. The lowest BCUT2D eigenvalue weighted by atomic mass is 10.1. The Morgan fingerprint density at radius 3 is 2.81 bits per heavy atom. The normalized spacial score (nSPS) is 19.6. The van der Waals surface area contributed by atoms with Crippen LogP contribution in [0.4, 0.5) is 5.82 Å². The molecule has 1 saturated carbocycles. The molecule has 1 aliphatic heterocycles. The molecule has 1 amide bonds. The minimum atomic E-state index is 0.276. The van der Waals surface area contributed by atoms with E-state index < -0.39 is 0 Å². The smallest absolute Gasteiger partial charge is 0.232 e. The SMILES string of the molecule is CN(C(=O)CSC1CCCC1)C1CN(c2ccccn2)C1. The van der Waals surface area contributed by atoms with Crippen molar-refractivity contribution in [3.05, 3.63) is 24.4 Å². The van der Waals surface area contributed by atoms with E-state index in [1.807, 2.05) is 48.1 Å². The first-order chi connectivity index (χ1) is 10.2. The van der Waals surface area contributed by atoms with Crippen molar-refractivity contribution in [2.75, 3.05) is 30.8 Å². The molecule has 2 fully saturated rings. The Kier molecular flexibility index (Phi) is 4.68. The molecule has 0 spiro atoms. The van der Waals surface area contributed by atoms with Gasteiger partial charge in [-0.2, -0.15) is 0 Å². The molecule has 1 saturated heterocycles. The first-order valence-electron chi connectivity index (χ1n) is 7.77. The van der Waals surface area contributed by atoms with Gasteiger partial charge >= 0.3 is 0 Å². The summed E-state index contributed by atoms with van der Waals surface area (Å²) >= 11 is 1.85. The minimum absolute atomic E-state index is 0.276. The third kappa shape index (κ3) is 3.51. The standard InChI is InChI=1S/C16H23N3OS/c1-18(16(20)12-21-14-6-2-3-7-14)13-10-19(11-13)15-8-4-5-9-17-15/h4-5,8-9,13-14H,2-3,6-7,10-12H2,1H3. The quantitative estimate of drug-likeness (QED) is 0.837. The summed E-state index contributed by atoms with van der Waals surface area (Å²) in [5.41, 5.74) is 0. The van der Waals surface area contributed by atoms with Crippen LogP contribution in [-0.2, 0) is 4.79 Å². The van der Waals surface area contributed by atoms with Crippen LogP contribution in [0.2, 0.25) is 0 Å². The molecule has 114 valence electrons. The van der Waals surface area contributed by atoms with E-state index in [4.69, 9.17) is 0 Å². The van der Waals surface area contributed by atoms with Gasteiger partial charge in [-0.1, -0.05) is 18.9 Å². The molecular weight excluding hydrogens is 282 g/mol. The number of likely N-dealkylation sites (N-methyl/N-ethyl adjacent to an activating group) is 1. The summed E-state index contributed by atoms with van der Waals surface area (Å²) in [6, 6.07) is 6.29. The van der Waals surface area contributed by atoms with Gasteiger partial charge in [0, 0.05) is 31.6 Å². The minimum Gasteiger partial charge on any atom is -0.352 e. The zero-order valence-corrected chi connectivity index (χ0v) is 13.4. The molecular formula is C16H23N3OS. The van der Waals surface area contributed by atoms with Crippen LogP contribution < -0.4 is 4.90 Å². The maximum Gasteiger partial charge on any atom is 0.232 e. The first kappa shape index (κ1) is 14.7. The van der Waals surface area contributed by atoms with Gasteiger partial charge in [0.2, 0.25) is 5.91 Å². The number of amides is 1. The highest BCUT2D eigenvalue weighted by atomic mass is 32.2. The van der Waals surface area contributed by atoms with Crippen molar-refractivity contribution in [3.63, 3.8) is 0 Å². The summed E-state index contributed by atoms with van der Waals surface area (Å²) in [5, 5.41) is 0.716. The number of hydrogen-bond acceptors (Lipinski definition) is 4. The van der Waals surface area contributed by atoms with Crippen LogP contribution in [0.25, 0.3) is 0 Å². The Bertz CT molecular complexity index is 470. The third-order valence-corrected chi connectivity index (χ3v) is 5.88. The van der Waals surface area contributed by atoms with E-state index in [0.29, 0.717) is 17.0 Å². The number of pyridine rings is 1. The van der Waals surface area contributed by atoms with E-state index >= 15 is 0 Å². The molecule has 1 aromatic rings. The van der Waals surface area contributed by atoms with Gasteiger partial charge < -0.3 is 9.80 Å². The predicted molar refractivity (Wildman–Crippen MR) is 87.7 cm³/mol. The van der Waals surface area contributed by atoms with Crippen molar-refractivity contribution in [3.8, 4) is 0 Å². The Balaban J connectivity index is 1.42. The van der Waals surface area contributed by atoms with E-state index in [-0.39, 0.29) is 5.91 Å². The summed E-state index contributed by atoms with van der Waals surface area (Å²) in [5.74, 6) is 1.92. The summed E-state index contributed by atoms with van der Waals surface area (Å²) in [7, 11) is 1.94. The number of anilines is 1.